The van der Waals surface area contributed by atoms with Gasteiger partial charge in [-0.1, -0.05) is 64.1 Å². The van der Waals surface area contributed by atoms with Crippen molar-refractivity contribution in [3.05, 3.63) is 77.9 Å². The molecular weight excluding hydrogens is 506 g/mol. The van der Waals surface area contributed by atoms with Crippen LogP contribution in [-0.4, -0.2) is 45.9 Å². The molecule has 0 aliphatic rings. The zero-order valence-electron chi connectivity index (χ0n) is 24.2. The van der Waals surface area contributed by atoms with Gasteiger partial charge in [-0.3, -0.25) is 4.79 Å². The lowest BCUT2D eigenvalue weighted by atomic mass is 9.98. The Morgan fingerprint density at radius 2 is 1.57 bits per heavy atom. The van der Waals surface area contributed by atoms with E-state index in [-0.39, 0.29) is 17.6 Å². The summed E-state index contributed by atoms with van der Waals surface area (Å²) in [5.41, 5.74) is 4.51. The van der Waals surface area contributed by atoms with Crippen LogP contribution in [0.2, 0.25) is 0 Å². The van der Waals surface area contributed by atoms with Gasteiger partial charge in [0.05, 0.1) is 12.5 Å². The lowest BCUT2D eigenvalue weighted by Crippen LogP contribution is -2.16. The summed E-state index contributed by atoms with van der Waals surface area (Å²) in [7, 11) is 0. The molecule has 2 atom stereocenters. The van der Waals surface area contributed by atoms with Crippen molar-refractivity contribution < 1.29 is 24.1 Å². The Bertz CT molecular complexity index is 1300. The second-order valence-corrected chi connectivity index (χ2v) is 9.64. The van der Waals surface area contributed by atoms with Gasteiger partial charge in [0.25, 0.3) is 0 Å². The molecule has 0 amide bonds. The number of carbonyl (C=O) groups is 1. The van der Waals surface area contributed by atoms with Crippen molar-refractivity contribution in [2.24, 2.45) is 5.92 Å². The number of nitrogens with zero attached hydrogens (tertiary/aromatic N) is 3. The third-order valence-corrected chi connectivity index (χ3v) is 6.71. The molecule has 0 saturated heterocycles. The molecule has 4 aromatic rings. The molecule has 2 unspecified atom stereocenters. The monoisotopic (exact) mass is 547 g/mol. The number of phenolic OH excluding ortho intramolecular Hbond substituents is 1. The van der Waals surface area contributed by atoms with E-state index < -0.39 is 0 Å². The molecule has 0 spiro atoms. The number of rotatable bonds is 12. The minimum Gasteiger partial charge on any atom is -0.505 e. The van der Waals surface area contributed by atoms with E-state index in [2.05, 4.69) is 48.3 Å². The van der Waals surface area contributed by atoms with Crippen LogP contribution in [0.4, 0.5) is 0 Å². The molecule has 0 radical (unpaired) electrons. The minimum atomic E-state index is -0.128. The molecule has 0 aliphatic carbocycles. The summed E-state index contributed by atoms with van der Waals surface area (Å²) in [5, 5.41) is 19.2. The highest BCUT2D eigenvalue weighted by molar-refractivity contribution is 5.73. The van der Waals surface area contributed by atoms with E-state index in [1.807, 2.05) is 51.1 Å². The summed E-state index contributed by atoms with van der Waals surface area (Å²) in [4.78, 5) is 12.5. The fourth-order valence-electron chi connectivity index (χ4n) is 3.73. The first-order chi connectivity index (χ1) is 19.4. The standard InChI is InChI=1S/C23H23N3O2.C9H18O3/c1-3-16(2)18-10-8-17(9-11-18)15-28-19-12-13-22(23(27)14-19)26-24-20-6-4-5-7-21(20)25-26;1-4-8(3)9(10)12-7-6-11-5-2/h4-14,16,27H,3,15H2,1-2H3;8H,4-7H2,1-3H3. The maximum absolute atomic E-state index is 11.1. The van der Waals surface area contributed by atoms with Gasteiger partial charge in [-0.25, -0.2) is 0 Å². The highest BCUT2D eigenvalue weighted by atomic mass is 16.6. The van der Waals surface area contributed by atoms with E-state index in [0.29, 0.717) is 43.8 Å². The zero-order chi connectivity index (χ0) is 28.9. The van der Waals surface area contributed by atoms with Gasteiger partial charge in [-0.2, -0.15) is 0 Å². The molecular formula is C32H41N3O5. The number of aromatic hydroxyl groups is 1. The van der Waals surface area contributed by atoms with Crippen LogP contribution in [-0.2, 0) is 20.9 Å². The van der Waals surface area contributed by atoms with Gasteiger partial charge in [0.1, 0.15) is 41.4 Å². The van der Waals surface area contributed by atoms with Gasteiger partial charge in [0, 0.05) is 12.7 Å². The van der Waals surface area contributed by atoms with Crippen molar-refractivity contribution >= 4 is 17.0 Å². The summed E-state index contributed by atoms with van der Waals surface area (Å²) in [5.74, 6) is 1.12. The van der Waals surface area contributed by atoms with Crippen LogP contribution in [0.3, 0.4) is 0 Å². The summed E-state index contributed by atoms with van der Waals surface area (Å²) >= 11 is 0. The Kier molecular flexibility index (Phi) is 12.0. The highest BCUT2D eigenvalue weighted by Gasteiger charge is 2.11. The molecule has 8 heteroatoms. The molecule has 8 nitrogen and oxygen atoms in total. The molecule has 40 heavy (non-hydrogen) atoms. The summed E-state index contributed by atoms with van der Waals surface area (Å²) in [6.07, 6.45) is 1.95. The van der Waals surface area contributed by atoms with Crippen molar-refractivity contribution in [3.8, 4) is 17.2 Å². The first kappa shape index (κ1) is 30.6. The maximum atomic E-state index is 11.1. The van der Waals surface area contributed by atoms with E-state index in [0.717, 1.165) is 29.4 Å². The smallest absolute Gasteiger partial charge is 0.308 e. The number of fused-ring (bicyclic) bond motifs is 1. The Balaban J connectivity index is 0.000000312. The van der Waals surface area contributed by atoms with Crippen LogP contribution in [0.25, 0.3) is 16.7 Å². The van der Waals surface area contributed by atoms with Gasteiger partial charge in [0.2, 0.25) is 0 Å². The lowest BCUT2D eigenvalue weighted by Gasteiger charge is -2.11. The predicted octanol–water partition coefficient (Wildman–Crippen LogP) is 6.83. The maximum Gasteiger partial charge on any atom is 0.308 e. The Hall–Kier alpha value is -3.91. The first-order valence-electron chi connectivity index (χ1n) is 14.0. The predicted molar refractivity (Wildman–Crippen MR) is 157 cm³/mol. The van der Waals surface area contributed by atoms with E-state index in [4.69, 9.17) is 14.2 Å². The third-order valence-electron chi connectivity index (χ3n) is 6.71. The molecule has 1 heterocycles. The zero-order valence-corrected chi connectivity index (χ0v) is 24.2. The lowest BCUT2D eigenvalue weighted by molar-refractivity contribution is -0.149. The largest absolute Gasteiger partial charge is 0.505 e. The van der Waals surface area contributed by atoms with Crippen molar-refractivity contribution in [2.75, 3.05) is 19.8 Å². The van der Waals surface area contributed by atoms with Crippen molar-refractivity contribution in [2.45, 2.75) is 60.0 Å². The van der Waals surface area contributed by atoms with Crippen LogP contribution in [0.5, 0.6) is 11.5 Å². The number of carbonyl (C=O) groups excluding carboxylic acids is 1. The molecule has 4 rings (SSSR count). The van der Waals surface area contributed by atoms with Crippen molar-refractivity contribution in [1.82, 2.24) is 15.0 Å². The number of hydrogen-bond acceptors (Lipinski definition) is 7. The molecule has 0 bridgehead atoms. The highest BCUT2D eigenvalue weighted by Crippen LogP contribution is 2.27. The normalized spacial score (nSPS) is 12.3. The summed E-state index contributed by atoms with van der Waals surface area (Å²) < 4.78 is 15.8. The Morgan fingerprint density at radius 3 is 2.15 bits per heavy atom. The van der Waals surface area contributed by atoms with Crippen LogP contribution in [0, 0.1) is 5.92 Å². The molecule has 1 N–H and O–H groups in total. The number of benzene rings is 3. The fourth-order valence-corrected chi connectivity index (χ4v) is 3.73. The first-order valence-corrected chi connectivity index (χ1v) is 14.0. The Morgan fingerprint density at radius 1 is 0.900 bits per heavy atom. The van der Waals surface area contributed by atoms with Gasteiger partial charge in [-0.15, -0.1) is 15.0 Å². The minimum absolute atomic E-state index is 0.00614. The van der Waals surface area contributed by atoms with E-state index in [9.17, 15) is 9.90 Å². The fraction of sp³-hybridized carbons (Fsp3) is 0.406. The van der Waals surface area contributed by atoms with E-state index in [1.165, 1.54) is 10.4 Å². The van der Waals surface area contributed by atoms with Gasteiger partial charge < -0.3 is 19.3 Å². The average molecular weight is 548 g/mol. The Labute approximate surface area is 236 Å². The quantitative estimate of drug-likeness (QED) is 0.153. The molecule has 0 fully saturated rings. The molecule has 214 valence electrons. The van der Waals surface area contributed by atoms with Crippen molar-refractivity contribution in [1.29, 1.82) is 0 Å². The van der Waals surface area contributed by atoms with E-state index in [1.54, 1.807) is 12.1 Å². The van der Waals surface area contributed by atoms with Crippen LogP contribution < -0.4 is 4.74 Å². The molecule has 0 aliphatic heterocycles. The van der Waals surface area contributed by atoms with Crippen LogP contribution in [0.15, 0.2) is 66.7 Å². The number of hydrogen-bond donors (Lipinski definition) is 1. The molecule has 1 aromatic heterocycles. The number of aromatic nitrogens is 3. The topological polar surface area (TPSA) is 95.7 Å². The number of phenols is 1. The second-order valence-electron chi connectivity index (χ2n) is 9.64. The van der Waals surface area contributed by atoms with Crippen LogP contribution in [0.1, 0.15) is 64.5 Å². The second kappa shape index (κ2) is 15.6. The third kappa shape index (κ3) is 8.81. The molecule has 3 aromatic carbocycles. The van der Waals surface area contributed by atoms with Gasteiger partial charge in [-0.05, 0) is 61.1 Å². The van der Waals surface area contributed by atoms with Gasteiger partial charge >= 0.3 is 5.97 Å². The van der Waals surface area contributed by atoms with Gasteiger partial charge in [0.15, 0.2) is 0 Å². The average Bonchev–Trinajstić information content (AvgIpc) is 3.42. The SMILES string of the molecule is CCC(C)c1ccc(COc2ccc(-n3nc4ccccc4n3)c(O)c2)cc1.CCOCCOC(=O)C(C)CC. The number of esters is 1. The summed E-state index contributed by atoms with van der Waals surface area (Å²) in [6, 6.07) is 21.3. The van der Waals surface area contributed by atoms with E-state index >= 15 is 0 Å². The van der Waals surface area contributed by atoms with Crippen molar-refractivity contribution in [3.63, 3.8) is 0 Å². The number of ether oxygens (including phenoxy) is 3. The summed E-state index contributed by atoms with van der Waals surface area (Å²) in [6.45, 7) is 12.2. The van der Waals surface area contributed by atoms with Crippen LogP contribution >= 0.6 is 0 Å². The molecule has 0 saturated carbocycles.